The molecule has 1 aromatic carbocycles. The summed E-state index contributed by atoms with van der Waals surface area (Å²) in [6.45, 7) is 5.60. The molecule has 1 saturated heterocycles. The second-order valence-electron chi connectivity index (χ2n) is 6.28. The van der Waals surface area contributed by atoms with Crippen LogP contribution in [0.4, 0.5) is 0 Å². The first-order chi connectivity index (χ1) is 10.8. The van der Waals surface area contributed by atoms with Crippen LogP contribution in [0.25, 0.3) is 0 Å². The van der Waals surface area contributed by atoms with Gasteiger partial charge in [-0.05, 0) is 57.0 Å². The van der Waals surface area contributed by atoms with Crippen LogP contribution < -0.4 is 5.73 Å². The topological polar surface area (TPSA) is 83.7 Å². The molecule has 0 bridgehead atoms. The first kappa shape index (κ1) is 17.9. The largest absolute Gasteiger partial charge is 0.338 e. The van der Waals surface area contributed by atoms with E-state index in [1.807, 2.05) is 13.8 Å². The molecule has 1 aliphatic rings. The molecule has 128 valence electrons. The number of carbonyl (C=O) groups excluding carboxylic acids is 1. The molecular weight excluding hydrogens is 314 g/mol. The zero-order chi connectivity index (χ0) is 17.2. The SMILES string of the molecule is CC(C)N(C)S(=O)(=O)c1ccc(C(=O)N2CCC(CN)C2)cc1. The summed E-state index contributed by atoms with van der Waals surface area (Å²) in [6.07, 6.45) is 0.924. The molecule has 1 heterocycles. The van der Waals surface area contributed by atoms with Crippen LogP contribution in [0.5, 0.6) is 0 Å². The number of nitrogens with zero attached hydrogens (tertiary/aromatic N) is 2. The van der Waals surface area contributed by atoms with Gasteiger partial charge in [-0.3, -0.25) is 4.79 Å². The minimum Gasteiger partial charge on any atom is -0.338 e. The number of benzene rings is 1. The summed E-state index contributed by atoms with van der Waals surface area (Å²) in [6, 6.07) is 6.04. The predicted octanol–water partition coefficient (Wildman–Crippen LogP) is 1.14. The van der Waals surface area contributed by atoms with Gasteiger partial charge in [0.25, 0.3) is 5.91 Å². The van der Waals surface area contributed by atoms with E-state index in [1.54, 1.807) is 24.1 Å². The van der Waals surface area contributed by atoms with Crippen molar-refractivity contribution in [2.45, 2.75) is 31.2 Å². The van der Waals surface area contributed by atoms with Gasteiger partial charge < -0.3 is 10.6 Å². The second kappa shape index (κ2) is 6.98. The first-order valence-corrected chi connectivity index (χ1v) is 9.28. The van der Waals surface area contributed by atoms with E-state index in [1.165, 1.54) is 16.4 Å². The third-order valence-electron chi connectivity index (χ3n) is 4.41. The van der Waals surface area contributed by atoms with E-state index in [9.17, 15) is 13.2 Å². The maximum Gasteiger partial charge on any atom is 0.253 e. The van der Waals surface area contributed by atoms with E-state index >= 15 is 0 Å². The molecular formula is C16H25N3O3S. The highest BCUT2D eigenvalue weighted by molar-refractivity contribution is 7.89. The minimum atomic E-state index is -3.52. The molecule has 0 radical (unpaired) electrons. The van der Waals surface area contributed by atoms with E-state index < -0.39 is 10.0 Å². The fraction of sp³-hybridized carbons (Fsp3) is 0.562. The smallest absolute Gasteiger partial charge is 0.253 e. The molecule has 23 heavy (non-hydrogen) atoms. The van der Waals surface area contributed by atoms with Crippen molar-refractivity contribution >= 4 is 15.9 Å². The normalized spacial score (nSPS) is 18.9. The molecule has 7 heteroatoms. The average Bonchev–Trinajstić information content (AvgIpc) is 3.02. The van der Waals surface area contributed by atoms with Gasteiger partial charge in [0.05, 0.1) is 4.90 Å². The van der Waals surface area contributed by atoms with Crippen LogP contribution in [0, 0.1) is 5.92 Å². The van der Waals surface area contributed by atoms with Gasteiger partial charge in [-0.1, -0.05) is 0 Å². The van der Waals surface area contributed by atoms with Gasteiger partial charge in [-0.15, -0.1) is 0 Å². The summed E-state index contributed by atoms with van der Waals surface area (Å²) in [4.78, 5) is 14.4. The molecule has 1 aromatic rings. The van der Waals surface area contributed by atoms with Gasteiger partial charge >= 0.3 is 0 Å². The Morgan fingerprint density at radius 3 is 2.43 bits per heavy atom. The zero-order valence-electron chi connectivity index (χ0n) is 13.9. The van der Waals surface area contributed by atoms with E-state index in [4.69, 9.17) is 5.73 Å². The molecule has 2 rings (SSSR count). The van der Waals surface area contributed by atoms with Crippen LogP contribution in [-0.4, -0.2) is 56.3 Å². The Kier molecular flexibility index (Phi) is 5.44. The third kappa shape index (κ3) is 3.73. The quantitative estimate of drug-likeness (QED) is 0.872. The Labute approximate surface area is 138 Å². The van der Waals surface area contributed by atoms with Crippen molar-refractivity contribution in [1.29, 1.82) is 0 Å². The standard InChI is InChI=1S/C16H25N3O3S/c1-12(2)18(3)23(21,22)15-6-4-14(5-7-15)16(20)19-9-8-13(10-17)11-19/h4-7,12-13H,8-11,17H2,1-3H3. The molecule has 1 amide bonds. The van der Waals surface area contributed by atoms with E-state index in [2.05, 4.69) is 0 Å². The van der Waals surface area contributed by atoms with Crippen molar-refractivity contribution in [3.63, 3.8) is 0 Å². The van der Waals surface area contributed by atoms with Gasteiger partial charge in [0.1, 0.15) is 0 Å². The van der Waals surface area contributed by atoms with Crippen molar-refractivity contribution in [2.24, 2.45) is 11.7 Å². The molecule has 1 fully saturated rings. The van der Waals surface area contributed by atoms with Gasteiger partial charge in [-0.2, -0.15) is 4.31 Å². The summed E-state index contributed by atoms with van der Waals surface area (Å²) < 4.78 is 26.1. The Hall–Kier alpha value is -1.44. The van der Waals surface area contributed by atoms with Gasteiger partial charge in [0, 0.05) is 31.7 Å². The van der Waals surface area contributed by atoms with Crippen LogP contribution in [0.3, 0.4) is 0 Å². The van der Waals surface area contributed by atoms with Gasteiger partial charge in [0.2, 0.25) is 10.0 Å². The summed E-state index contributed by atoms with van der Waals surface area (Å²) in [5, 5.41) is 0. The number of nitrogens with two attached hydrogens (primary N) is 1. The highest BCUT2D eigenvalue weighted by atomic mass is 32.2. The van der Waals surface area contributed by atoms with Crippen molar-refractivity contribution < 1.29 is 13.2 Å². The molecule has 0 aromatic heterocycles. The lowest BCUT2D eigenvalue weighted by molar-refractivity contribution is 0.0787. The molecule has 1 atom stereocenters. The number of hydrogen-bond donors (Lipinski definition) is 1. The molecule has 2 N–H and O–H groups in total. The second-order valence-corrected chi connectivity index (χ2v) is 8.28. The minimum absolute atomic E-state index is 0.0675. The number of sulfonamides is 1. The molecule has 0 saturated carbocycles. The maximum atomic E-state index is 12.4. The Morgan fingerprint density at radius 2 is 1.96 bits per heavy atom. The van der Waals surface area contributed by atoms with Crippen LogP contribution in [-0.2, 0) is 10.0 Å². The number of carbonyl (C=O) groups is 1. The van der Waals surface area contributed by atoms with Gasteiger partial charge in [-0.25, -0.2) is 8.42 Å². The van der Waals surface area contributed by atoms with Crippen LogP contribution in [0.1, 0.15) is 30.6 Å². The number of amides is 1. The summed E-state index contributed by atoms with van der Waals surface area (Å²) in [7, 11) is -1.97. The summed E-state index contributed by atoms with van der Waals surface area (Å²) >= 11 is 0. The van der Waals surface area contributed by atoms with Crippen molar-refractivity contribution in [3.05, 3.63) is 29.8 Å². The lowest BCUT2D eigenvalue weighted by atomic mass is 10.1. The molecule has 1 unspecified atom stereocenters. The molecule has 6 nitrogen and oxygen atoms in total. The van der Waals surface area contributed by atoms with E-state index in [0.29, 0.717) is 31.1 Å². The lowest BCUT2D eigenvalue weighted by Gasteiger charge is -2.21. The number of rotatable bonds is 5. The monoisotopic (exact) mass is 339 g/mol. The molecule has 1 aliphatic heterocycles. The van der Waals surface area contributed by atoms with Crippen LogP contribution >= 0.6 is 0 Å². The zero-order valence-corrected chi connectivity index (χ0v) is 14.7. The highest BCUT2D eigenvalue weighted by Crippen LogP contribution is 2.20. The number of hydrogen-bond acceptors (Lipinski definition) is 4. The Bertz CT molecular complexity index is 656. The fourth-order valence-corrected chi connectivity index (χ4v) is 3.97. The number of likely N-dealkylation sites (tertiary alicyclic amines) is 1. The first-order valence-electron chi connectivity index (χ1n) is 7.84. The van der Waals surface area contributed by atoms with Crippen LogP contribution in [0.15, 0.2) is 29.2 Å². The van der Waals surface area contributed by atoms with Gasteiger partial charge in [0.15, 0.2) is 0 Å². The summed E-state index contributed by atoms with van der Waals surface area (Å²) in [5.41, 5.74) is 6.15. The fourth-order valence-electron chi connectivity index (χ4n) is 2.61. The Morgan fingerprint density at radius 1 is 1.35 bits per heavy atom. The average molecular weight is 339 g/mol. The Balaban J connectivity index is 2.15. The van der Waals surface area contributed by atoms with Crippen molar-refractivity contribution in [3.8, 4) is 0 Å². The van der Waals surface area contributed by atoms with Crippen molar-refractivity contribution in [2.75, 3.05) is 26.7 Å². The molecule has 0 spiro atoms. The van der Waals surface area contributed by atoms with Crippen LogP contribution in [0.2, 0.25) is 0 Å². The predicted molar refractivity (Wildman–Crippen MR) is 89.6 cm³/mol. The highest BCUT2D eigenvalue weighted by Gasteiger charge is 2.27. The van der Waals surface area contributed by atoms with E-state index in [-0.39, 0.29) is 16.8 Å². The third-order valence-corrected chi connectivity index (χ3v) is 6.46. The maximum absolute atomic E-state index is 12.4. The summed E-state index contributed by atoms with van der Waals surface area (Å²) in [5.74, 6) is 0.292. The van der Waals surface area contributed by atoms with E-state index in [0.717, 1.165) is 6.42 Å². The molecule has 0 aliphatic carbocycles. The van der Waals surface area contributed by atoms with Crippen molar-refractivity contribution in [1.82, 2.24) is 9.21 Å². The lowest BCUT2D eigenvalue weighted by Crippen LogP contribution is -2.33.